The molecule has 0 atom stereocenters. The lowest BCUT2D eigenvalue weighted by Gasteiger charge is -2.09. The van der Waals surface area contributed by atoms with E-state index in [1.165, 1.54) is 0 Å². The van der Waals surface area contributed by atoms with Gasteiger partial charge in [-0.2, -0.15) is 13.5 Å². The van der Waals surface area contributed by atoms with Crippen LogP contribution < -0.4 is 4.72 Å². The number of sulfonamides is 1. The zero-order valence-electron chi connectivity index (χ0n) is 12.3. The third-order valence-corrected chi connectivity index (χ3v) is 4.31. The molecule has 0 aliphatic heterocycles. The van der Waals surface area contributed by atoms with E-state index >= 15 is 0 Å². The fourth-order valence-electron chi connectivity index (χ4n) is 1.89. The van der Waals surface area contributed by atoms with Gasteiger partial charge in [-0.25, -0.2) is 4.79 Å². The molecule has 0 saturated carbocycles. The minimum atomic E-state index is -3.96. The average Bonchev–Trinajstić information content (AvgIpc) is 2.97. The first-order valence-electron chi connectivity index (χ1n) is 6.80. The summed E-state index contributed by atoms with van der Waals surface area (Å²) in [5.74, 6) is -0.737. The number of aromatic nitrogens is 2. The summed E-state index contributed by atoms with van der Waals surface area (Å²) in [5, 5.41) is 5.64. The predicted molar refractivity (Wildman–Crippen MR) is 81.2 cm³/mol. The van der Waals surface area contributed by atoms with Crippen molar-refractivity contribution in [3.8, 4) is 0 Å². The number of carbonyl (C=O) groups excluding carboxylic acids is 1. The largest absolute Gasteiger partial charge is 0.462 e. The number of ether oxygens (including phenoxy) is 1. The van der Waals surface area contributed by atoms with Crippen LogP contribution in [0.15, 0.2) is 35.5 Å². The number of hydrogen-bond acceptors (Lipinski definition) is 5. The summed E-state index contributed by atoms with van der Waals surface area (Å²) >= 11 is 0. The Balaban J connectivity index is 2.31. The quantitative estimate of drug-likeness (QED) is 0.791. The number of rotatable bonds is 6. The summed E-state index contributed by atoms with van der Waals surface area (Å²) in [6.07, 6.45) is 1.92. The molecule has 8 heteroatoms. The number of hydrogen-bond donors (Lipinski definition) is 2. The Kier molecular flexibility index (Phi) is 4.81. The Morgan fingerprint density at radius 1 is 1.36 bits per heavy atom. The second kappa shape index (κ2) is 6.61. The molecule has 0 unspecified atom stereocenters. The molecule has 0 spiro atoms. The topological polar surface area (TPSA) is 101 Å². The lowest BCUT2D eigenvalue weighted by Crippen LogP contribution is -2.17. The van der Waals surface area contributed by atoms with Gasteiger partial charge in [0.1, 0.15) is 5.56 Å². The molecule has 0 aliphatic rings. The van der Waals surface area contributed by atoms with Crippen LogP contribution in [0.25, 0.3) is 0 Å². The van der Waals surface area contributed by atoms with E-state index in [-0.39, 0.29) is 17.2 Å². The van der Waals surface area contributed by atoms with E-state index in [4.69, 9.17) is 4.74 Å². The monoisotopic (exact) mass is 323 g/mol. The SMILES string of the molecule is CCOC(=O)c1cn[nH]c1S(=O)(=O)Nc1cccc(CC)c1. The normalized spacial score (nSPS) is 11.2. The molecule has 0 amide bonds. The second-order valence-electron chi connectivity index (χ2n) is 4.49. The Morgan fingerprint density at radius 3 is 2.82 bits per heavy atom. The highest BCUT2D eigenvalue weighted by Crippen LogP contribution is 2.19. The average molecular weight is 323 g/mol. The predicted octanol–water partition coefficient (Wildman–Crippen LogP) is 1.95. The molecule has 1 heterocycles. The van der Waals surface area contributed by atoms with Gasteiger partial charge in [-0.05, 0) is 31.0 Å². The summed E-state index contributed by atoms with van der Waals surface area (Å²) < 4.78 is 32.0. The van der Waals surface area contributed by atoms with E-state index in [1.807, 2.05) is 13.0 Å². The van der Waals surface area contributed by atoms with Crippen molar-refractivity contribution < 1.29 is 17.9 Å². The molecular weight excluding hydrogens is 306 g/mol. The molecule has 2 N–H and O–H groups in total. The number of nitrogens with zero attached hydrogens (tertiary/aromatic N) is 1. The van der Waals surface area contributed by atoms with E-state index < -0.39 is 16.0 Å². The zero-order chi connectivity index (χ0) is 16.2. The minimum Gasteiger partial charge on any atom is -0.462 e. The van der Waals surface area contributed by atoms with Crippen LogP contribution in [0.2, 0.25) is 0 Å². The highest BCUT2D eigenvalue weighted by molar-refractivity contribution is 7.92. The van der Waals surface area contributed by atoms with Crippen LogP contribution in [0.5, 0.6) is 0 Å². The van der Waals surface area contributed by atoms with Gasteiger partial charge >= 0.3 is 5.97 Å². The van der Waals surface area contributed by atoms with Gasteiger partial charge in [-0.3, -0.25) is 9.82 Å². The Bertz CT molecular complexity index is 768. The standard InChI is InChI=1S/C14H17N3O4S/c1-3-10-6-5-7-11(8-10)17-22(19,20)13-12(9-15-16-13)14(18)21-4-2/h5-9,17H,3-4H2,1-2H3,(H,15,16). The summed E-state index contributed by atoms with van der Waals surface area (Å²) in [6.45, 7) is 3.76. The number of aromatic amines is 1. The number of anilines is 1. The lowest BCUT2D eigenvalue weighted by molar-refractivity contribution is 0.0522. The first kappa shape index (κ1) is 16.0. The van der Waals surface area contributed by atoms with Gasteiger partial charge in [0.05, 0.1) is 12.8 Å². The van der Waals surface area contributed by atoms with Gasteiger partial charge in [-0.15, -0.1) is 0 Å². The maximum Gasteiger partial charge on any atom is 0.342 e. The Labute approximate surface area is 128 Å². The Morgan fingerprint density at radius 2 is 2.14 bits per heavy atom. The molecule has 118 valence electrons. The minimum absolute atomic E-state index is 0.124. The molecular formula is C14H17N3O4S. The molecule has 0 bridgehead atoms. The van der Waals surface area contributed by atoms with Crippen LogP contribution in [0.1, 0.15) is 29.8 Å². The van der Waals surface area contributed by atoms with Crippen molar-refractivity contribution in [2.24, 2.45) is 0 Å². The highest BCUT2D eigenvalue weighted by Gasteiger charge is 2.26. The highest BCUT2D eigenvalue weighted by atomic mass is 32.2. The molecule has 7 nitrogen and oxygen atoms in total. The summed E-state index contributed by atoms with van der Waals surface area (Å²) in [4.78, 5) is 11.8. The summed E-state index contributed by atoms with van der Waals surface area (Å²) in [5.41, 5.74) is 1.29. The fraction of sp³-hybridized carbons (Fsp3) is 0.286. The third kappa shape index (κ3) is 3.45. The van der Waals surface area contributed by atoms with Crippen LogP contribution in [0.3, 0.4) is 0 Å². The Hall–Kier alpha value is -2.35. The molecule has 0 aliphatic carbocycles. The van der Waals surface area contributed by atoms with Crippen LogP contribution in [-0.2, 0) is 21.2 Å². The van der Waals surface area contributed by atoms with Crippen molar-refractivity contribution in [2.45, 2.75) is 25.3 Å². The second-order valence-corrected chi connectivity index (χ2v) is 6.11. The smallest absolute Gasteiger partial charge is 0.342 e. The number of carbonyl (C=O) groups is 1. The first-order valence-corrected chi connectivity index (χ1v) is 8.28. The van der Waals surface area contributed by atoms with Gasteiger partial charge in [-0.1, -0.05) is 19.1 Å². The first-order chi connectivity index (χ1) is 10.5. The molecule has 2 rings (SSSR count). The number of esters is 1. The number of H-pyrrole nitrogens is 1. The molecule has 0 saturated heterocycles. The van der Waals surface area contributed by atoms with Gasteiger partial charge in [0.25, 0.3) is 10.0 Å². The molecule has 0 radical (unpaired) electrons. The number of aryl methyl sites for hydroxylation is 1. The van der Waals surface area contributed by atoms with E-state index in [1.54, 1.807) is 25.1 Å². The van der Waals surface area contributed by atoms with Crippen LogP contribution >= 0.6 is 0 Å². The van der Waals surface area contributed by atoms with Gasteiger partial charge in [0.2, 0.25) is 0 Å². The molecule has 2 aromatic rings. The fourth-order valence-corrected chi connectivity index (χ4v) is 3.03. The maximum atomic E-state index is 12.4. The van der Waals surface area contributed by atoms with Crippen molar-refractivity contribution in [2.75, 3.05) is 11.3 Å². The van der Waals surface area contributed by atoms with Gasteiger partial charge < -0.3 is 4.74 Å². The van der Waals surface area contributed by atoms with E-state index in [9.17, 15) is 13.2 Å². The van der Waals surface area contributed by atoms with Crippen LogP contribution in [0.4, 0.5) is 5.69 Å². The van der Waals surface area contributed by atoms with Gasteiger partial charge in [0.15, 0.2) is 5.03 Å². The molecule has 0 fully saturated rings. The molecule has 1 aromatic carbocycles. The van der Waals surface area contributed by atoms with E-state index in [2.05, 4.69) is 14.9 Å². The molecule has 22 heavy (non-hydrogen) atoms. The summed E-state index contributed by atoms with van der Waals surface area (Å²) in [7, 11) is -3.96. The molecule has 1 aromatic heterocycles. The zero-order valence-corrected chi connectivity index (χ0v) is 13.1. The van der Waals surface area contributed by atoms with Crippen molar-refractivity contribution >= 4 is 21.7 Å². The third-order valence-electron chi connectivity index (χ3n) is 2.96. The number of nitrogens with one attached hydrogen (secondary N) is 2. The van der Waals surface area contributed by atoms with Crippen molar-refractivity contribution in [3.63, 3.8) is 0 Å². The number of benzene rings is 1. The summed E-state index contributed by atoms with van der Waals surface area (Å²) in [6, 6.07) is 7.03. The van der Waals surface area contributed by atoms with Crippen LogP contribution in [0, 0.1) is 0 Å². The van der Waals surface area contributed by atoms with Crippen molar-refractivity contribution in [1.82, 2.24) is 10.2 Å². The van der Waals surface area contributed by atoms with E-state index in [0.29, 0.717) is 5.69 Å². The van der Waals surface area contributed by atoms with Crippen LogP contribution in [-0.4, -0.2) is 31.2 Å². The maximum absolute atomic E-state index is 12.4. The van der Waals surface area contributed by atoms with Crippen molar-refractivity contribution in [3.05, 3.63) is 41.6 Å². The lowest BCUT2D eigenvalue weighted by atomic mass is 10.1. The van der Waals surface area contributed by atoms with Crippen molar-refractivity contribution in [1.29, 1.82) is 0 Å². The van der Waals surface area contributed by atoms with E-state index in [0.717, 1.165) is 18.2 Å². The van der Waals surface area contributed by atoms with Gasteiger partial charge in [0, 0.05) is 5.69 Å².